The molecule has 4 rings (SSSR count). The number of benzene rings is 1. The number of anilines is 1. The molecule has 0 saturated carbocycles. The van der Waals surface area contributed by atoms with Crippen LogP contribution in [0.4, 0.5) is 5.69 Å². The second kappa shape index (κ2) is 4.75. The van der Waals surface area contributed by atoms with Crippen LogP contribution in [0.15, 0.2) is 54.4 Å². The van der Waals surface area contributed by atoms with Crippen LogP contribution in [0.5, 0.6) is 0 Å². The van der Waals surface area contributed by atoms with Gasteiger partial charge in [-0.05, 0) is 6.07 Å². The molecule has 0 radical (unpaired) electrons. The summed E-state index contributed by atoms with van der Waals surface area (Å²) in [5.74, 6) is 0. The standard InChI is InChI=1S/C15H13N5S/c16-14-4-2-1-3-13(14)11-7-17-20(8-11)10-12-9-19-5-6-21-15(19)18-12/h1-9H,10,16H2. The molecule has 0 bridgehead atoms. The quantitative estimate of drug-likeness (QED) is 0.591. The largest absolute Gasteiger partial charge is 0.398 e. The fourth-order valence-corrected chi connectivity index (χ4v) is 3.09. The number of hydrogen-bond donors (Lipinski definition) is 1. The van der Waals surface area contributed by atoms with Gasteiger partial charge in [0.25, 0.3) is 0 Å². The summed E-state index contributed by atoms with van der Waals surface area (Å²) in [7, 11) is 0. The first-order valence-electron chi connectivity index (χ1n) is 6.58. The van der Waals surface area contributed by atoms with E-state index in [2.05, 4.69) is 10.1 Å². The number of thiazole rings is 1. The number of nitrogens with zero attached hydrogens (tertiary/aromatic N) is 4. The van der Waals surface area contributed by atoms with Crippen molar-refractivity contribution in [2.75, 3.05) is 5.73 Å². The lowest BCUT2D eigenvalue weighted by Gasteiger charge is -2.01. The number of imidazole rings is 1. The van der Waals surface area contributed by atoms with E-state index in [-0.39, 0.29) is 0 Å². The number of nitrogen functional groups attached to an aromatic ring is 1. The average molecular weight is 295 g/mol. The molecule has 3 aromatic heterocycles. The van der Waals surface area contributed by atoms with Crippen LogP contribution in [-0.2, 0) is 6.54 Å². The number of rotatable bonds is 3. The summed E-state index contributed by atoms with van der Waals surface area (Å²) in [6.07, 6.45) is 7.88. The van der Waals surface area contributed by atoms with E-state index < -0.39 is 0 Å². The normalized spacial score (nSPS) is 11.2. The van der Waals surface area contributed by atoms with Crippen molar-refractivity contribution in [3.63, 3.8) is 0 Å². The van der Waals surface area contributed by atoms with Gasteiger partial charge in [-0.1, -0.05) is 18.2 Å². The van der Waals surface area contributed by atoms with Crippen molar-refractivity contribution in [2.24, 2.45) is 0 Å². The fourth-order valence-electron chi connectivity index (χ4n) is 2.37. The van der Waals surface area contributed by atoms with Gasteiger partial charge in [0, 0.05) is 40.8 Å². The lowest BCUT2D eigenvalue weighted by Crippen LogP contribution is -1.99. The molecule has 6 heteroatoms. The maximum atomic E-state index is 6.00. The van der Waals surface area contributed by atoms with E-state index in [4.69, 9.17) is 5.73 Å². The third-order valence-corrected chi connectivity index (χ3v) is 4.14. The van der Waals surface area contributed by atoms with Gasteiger partial charge in [0.05, 0.1) is 18.4 Å². The van der Waals surface area contributed by atoms with E-state index >= 15 is 0 Å². The zero-order valence-electron chi connectivity index (χ0n) is 11.2. The number of hydrogen-bond acceptors (Lipinski definition) is 4. The highest BCUT2D eigenvalue weighted by Crippen LogP contribution is 2.24. The van der Waals surface area contributed by atoms with Gasteiger partial charge in [-0.2, -0.15) is 5.10 Å². The van der Waals surface area contributed by atoms with Crippen molar-refractivity contribution in [3.8, 4) is 11.1 Å². The molecular formula is C15H13N5S. The van der Waals surface area contributed by atoms with Crippen molar-refractivity contribution in [1.82, 2.24) is 19.2 Å². The summed E-state index contributed by atoms with van der Waals surface area (Å²) < 4.78 is 3.91. The second-order valence-corrected chi connectivity index (χ2v) is 5.71. The highest BCUT2D eigenvalue weighted by molar-refractivity contribution is 7.15. The summed E-state index contributed by atoms with van der Waals surface area (Å²) in [5.41, 5.74) is 9.79. The van der Waals surface area contributed by atoms with Crippen LogP contribution in [0.25, 0.3) is 16.1 Å². The molecular weight excluding hydrogens is 282 g/mol. The number of nitrogens with two attached hydrogens (primary N) is 1. The Kier molecular flexibility index (Phi) is 2.75. The van der Waals surface area contributed by atoms with Gasteiger partial charge in [0.15, 0.2) is 4.96 Å². The first kappa shape index (κ1) is 12.2. The Hall–Kier alpha value is -2.60. The molecule has 2 N–H and O–H groups in total. The van der Waals surface area contributed by atoms with Gasteiger partial charge >= 0.3 is 0 Å². The van der Waals surface area contributed by atoms with E-state index in [0.29, 0.717) is 6.54 Å². The molecule has 0 saturated heterocycles. The van der Waals surface area contributed by atoms with Gasteiger partial charge < -0.3 is 5.73 Å². The molecule has 0 fully saturated rings. The van der Waals surface area contributed by atoms with Crippen LogP contribution < -0.4 is 5.73 Å². The Labute approximate surface area is 125 Å². The highest BCUT2D eigenvalue weighted by atomic mass is 32.1. The first-order chi connectivity index (χ1) is 10.3. The summed E-state index contributed by atoms with van der Waals surface area (Å²) in [4.78, 5) is 5.57. The van der Waals surface area contributed by atoms with Crippen molar-refractivity contribution in [1.29, 1.82) is 0 Å². The maximum Gasteiger partial charge on any atom is 0.193 e. The van der Waals surface area contributed by atoms with Gasteiger partial charge in [-0.25, -0.2) is 4.98 Å². The van der Waals surface area contributed by atoms with Crippen LogP contribution in [-0.4, -0.2) is 19.2 Å². The molecule has 0 amide bonds. The van der Waals surface area contributed by atoms with E-state index in [1.54, 1.807) is 11.3 Å². The van der Waals surface area contributed by atoms with Gasteiger partial charge in [0.2, 0.25) is 0 Å². The second-order valence-electron chi connectivity index (χ2n) is 4.84. The minimum Gasteiger partial charge on any atom is -0.398 e. The van der Waals surface area contributed by atoms with Crippen LogP contribution in [0.2, 0.25) is 0 Å². The van der Waals surface area contributed by atoms with Crippen molar-refractivity contribution < 1.29 is 0 Å². The number of fused-ring (bicyclic) bond motifs is 1. The molecule has 1 aromatic carbocycles. The van der Waals surface area contributed by atoms with Crippen molar-refractivity contribution in [2.45, 2.75) is 6.54 Å². The molecule has 21 heavy (non-hydrogen) atoms. The molecule has 0 aliphatic carbocycles. The molecule has 0 spiro atoms. The van der Waals surface area contributed by atoms with Crippen LogP contribution in [0, 0.1) is 0 Å². The molecule has 4 aromatic rings. The molecule has 5 nitrogen and oxygen atoms in total. The predicted molar refractivity (Wildman–Crippen MR) is 84.2 cm³/mol. The lowest BCUT2D eigenvalue weighted by molar-refractivity contribution is 0.676. The van der Waals surface area contributed by atoms with E-state index in [0.717, 1.165) is 27.5 Å². The van der Waals surface area contributed by atoms with Crippen LogP contribution >= 0.6 is 11.3 Å². The topological polar surface area (TPSA) is 61.1 Å². The molecule has 104 valence electrons. The Bertz CT molecular complexity index is 873. The van der Waals surface area contributed by atoms with E-state index in [1.165, 1.54) is 0 Å². The number of para-hydroxylation sites is 1. The highest BCUT2D eigenvalue weighted by Gasteiger charge is 2.07. The third-order valence-electron chi connectivity index (χ3n) is 3.37. The van der Waals surface area contributed by atoms with Crippen LogP contribution in [0.3, 0.4) is 0 Å². The maximum absolute atomic E-state index is 6.00. The summed E-state index contributed by atoms with van der Waals surface area (Å²) in [5, 5.41) is 6.42. The number of aromatic nitrogens is 4. The van der Waals surface area contributed by atoms with Crippen molar-refractivity contribution in [3.05, 3.63) is 60.1 Å². The molecule has 0 atom stereocenters. The minimum atomic E-state index is 0.654. The monoisotopic (exact) mass is 295 g/mol. The van der Waals surface area contributed by atoms with Crippen molar-refractivity contribution >= 4 is 22.0 Å². The third kappa shape index (κ3) is 2.19. The van der Waals surface area contributed by atoms with Gasteiger partial charge in [0.1, 0.15) is 0 Å². The van der Waals surface area contributed by atoms with Gasteiger partial charge in [-0.3, -0.25) is 9.08 Å². The Balaban J connectivity index is 1.62. The van der Waals surface area contributed by atoms with E-state index in [1.807, 2.05) is 63.5 Å². The molecule has 0 aliphatic rings. The smallest absolute Gasteiger partial charge is 0.193 e. The molecule has 3 heterocycles. The Morgan fingerprint density at radius 1 is 1.19 bits per heavy atom. The average Bonchev–Trinajstić information content (AvgIpc) is 3.15. The zero-order chi connectivity index (χ0) is 14.2. The van der Waals surface area contributed by atoms with E-state index in [9.17, 15) is 0 Å². The first-order valence-corrected chi connectivity index (χ1v) is 7.46. The Morgan fingerprint density at radius 2 is 2.10 bits per heavy atom. The summed E-state index contributed by atoms with van der Waals surface area (Å²) >= 11 is 1.63. The molecule has 0 unspecified atom stereocenters. The van der Waals surface area contributed by atoms with Gasteiger partial charge in [-0.15, -0.1) is 11.3 Å². The Morgan fingerprint density at radius 3 is 2.95 bits per heavy atom. The lowest BCUT2D eigenvalue weighted by atomic mass is 10.1. The summed E-state index contributed by atoms with van der Waals surface area (Å²) in [6, 6.07) is 7.81. The fraction of sp³-hybridized carbons (Fsp3) is 0.0667. The minimum absolute atomic E-state index is 0.654. The van der Waals surface area contributed by atoms with Crippen LogP contribution in [0.1, 0.15) is 5.69 Å². The summed E-state index contributed by atoms with van der Waals surface area (Å²) in [6.45, 7) is 0.654. The predicted octanol–water partition coefficient (Wildman–Crippen LogP) is 2.89. The zero-order valence-corrected chi connectivity index (χ0v) is 12.0. The molecule has 0 aliphatic heterocycles. The SMILES string of the molecule is Nc1ccccc1-c1cnn(Cc2cn3ccsc3n2)c1.